The number of nitrogens with zero attached hydrogens (tertiary/aromatic N) is 2. The van der Waals surface area contributed by atoms with Gasteiger partial charge in [0, 0.05) is 14.1 Å². The Bertz CT molecular complexity index is 756. The van der Waals surface area contributed by atoms with Gasteiger partial charge in [-0.15, -0.1) is 0 Å². The van der Waals surface area contributed by atoms with E-state index in [-0.39, 0.29) is 23.6 Å². The van der Waals surface area contributed by atoms with Crippen molar-refractivity contribution >= 4 is 28.0 Å². The lowest BCUT2D eigenvalue weighted by atomic mass is 10.2. The van der Waals surface area contributed by atoms with E-state index < -0.39 is 34.6 Å². The van der Waals surface area contributed by atoms with Gasteiger partial charge in [-0.05, 0) is 24.3 Å². The first kappa shape index (κ1) is 17.9. The second kappa shape index (κ2) is 6.97. The van der Waals surface area contributed by atoms with Crippen LogP contribution < -0.4 is 0 Å². The molecule has 1 aliphatic rings. The van der Waals surface area contributed by atoms with Gasteiger partial charge in [-0.2, -0.15) is 0 Å². The number of sulfonamides is 1. The minimum atomic E-state index is -3.59. The van der Waals surface area contributed by atoms with Crippen LogP contribution in [0.4, 0.5) is 4.79 Å². The first-order valence-electron chi connectivity index (χ1n) is 6.90. The zero-order valence-electron chi connectivity index (χ0n) is 13.1. The van der Waals surface area contributed by atoms with Gasteiger partial charge in [0.15, 0.2) is 6.61 Å². The molecule has 9 nitrogen and oxygen atoms in total. The maximum Gasteiger partial charge on any atom is 0.416 e. The molecule has 1 aromatic carbocycles. The zero-order chi connectivity index (χ0) is 17.9. The Balaban J connectivity index is 1.98. The first-order valence-corrected chi connectivity index (χ1v) is 8.34. The van der Waals surface area contributed by atoms with Crippen molar-refractivity contribution in [2.24, 2.45) is 0 Å². The fourth-order valence-electron chi connectivity index (χ4n) is 1.88. The molecule has 1 saturated heterocycles. The van der Waals surface area contributed by atoms with Gasteiger partial charge in [-0.1, -0.05) is 0 Å². The normalized spacial score (nSPS) is 14.6. The second-order valence-electron chi connectivity index (χ2n) is 5.05. The SMILES string of the molecule is CN(C)S(=O)(=O)c1ccc(C(=O)OCC(=O)N2CCOC2=O)cc1. The van der Waals surface area contributed by atoms with Crippen LogP contribution in [0.25, 0.3) is 0 Å². The number of cyclic esters (lactones) is 1. The van der Waals surface area contributed by atoms with Gasteiger partial charge >= 0.3 is 12.1 Å². The second-order valence-corrected chi connectivity index (χ2v) is 7.20. The molecule has 0 aromatic heterocycles. The maximum atomic E-state index is 11.9. The highest BCUT2D eigenvalue weighted by atomic mass is 32.2. The van der Waals surface area contributed by atoms with Gasteiger partial charge in [0.25, 0.3) is 5.91 Å². The zero-order valence-corrected chi connectivity index (χ0v) is 13.9. The smallest absolute Gasteiger partial charge is 0.416 e. The first-order chi connectivity index (χ1) is 11.2. The Kier molecular flexibility index (Phi) is 5.20. The van der Waals surface area contributed by atoms with Crippen molar-refractivity contribution in [1.29, 1.82) is 0 Å². The van der Waals surface area contributed by atoms with Crippen molar-refractivity contribution in [3.63, 3.8) is 0 Å². The number of rotatable bonds is 5. The summed E-state index contributed by atoms with van der Waals surface area (Å²) in [4.78, 5) is 35.7. The molecule has 0 saturated carbocycles. The monoisotopic (exact) mass is 356 g/mol. The molecule has 0 aliphatic carbocycles. The van der Waals surface area contributed by atoms with Gasteiger partial charge in [-0.3, -0.25) is 4.79 Å². The molecule has 24 heavy (non-hydrogen) atoms. The molecule has 0 radical (unpaired) electrons. The number of esters is 1. The number of carbonyl (C=O) groups excluding carboxylic acids is 3. The fraction of sp³-hybridized carbons (Fsp3) is 0.357. The summed E-state index contributed by atoms with van der Waals surface area (Å²) in [6.45, 7) is -0.377. The van der Waals surface area contributed by atoms with Crippen molar-refractivity contribution in [2.75, 3.05) is 33.9 Å². The highest BCUT2D eigenvalue weighted by molar-refractivity contribution is 7.89. The van der Waals surface area contributed by atoms with Gasteiger partial charge in [0.05, 0.1) is 17.0 Å². The summed E-state index contributed by atoms with van der Waals surface area (Å²) in [5.41, 5.74) is 0.0875. The molecule has 0 atom stereocenters. The van der Waals surface area contributed by atoms with E-state index in [0.717, 1.165) is 9.21 Å². The van der Waals surface area contributed by atoms with Crippen LogP contribution in [0.15, 0.2) is 29.2 Å². The number of amides is 2. The molecule has 1 heterocycles. The van der Waals surface area contributed by atoms with Crippen LogP contribution in [-0.4, -0.2) is 69.4 Å². The Morgan fingerprint density at radius 3 is 2.38 bits per heavy atom. The summed E-state index contributed by atoms with van der Waals surface area (Å²) in [5, 5.41) is 0. The van der Waals surface area contributed by atoms with E-state index in [1.165, 1.54) is 38.4 Å². The van der Waals surface area contributed by atoms with E-state index in [2.05, 4.69) is 4.74 Å². The third kappa shape index (κ3) is 3.71. The molecule has 0 spiro atoms. The highest BCUT2D eigenvalue weighted by Crippen LogP contribution is 2.14. The summed E-state index contributed by atoms with van der Waals surface area (Å²) in [6, 6.07) is 5.11. The largest absolute Gasteiger partial charge is 0.452 e. The minimum absolute atomic E-state index is 0.0277. The van der Waals surface area contributed by atoms with Crippen LogP contribution >= 0.6 is 0 Å². The summed E-state index contributed by atoms with van der Waals surface area (Å²) in [5.74, 6) is -1.48. The molecular weight excluding hydrogens is 340 g/mol. The summed E-state index contributed by atoms with van der Waals surface area (Å²) < 4.78 is 34.3. The Hall–Kier alpha value is -2.46. The van der Waals surface area contributed by atoms with Gasteiger partial charge in [-0.25, -0.2) is 27.2 Å². The van der Waals surface area contributed by atoms with Crippen molar-refractivity contribution in [3.05, 3.63) is 29.8 Å². The Morgan fingerprint density at radius 2 is 1.88 bits per heavy atom. The molecular formula is C14H16N2O7S. The lowest BCUT2D eigenvalue weighted by Crippen LogP contribution is -2.35. The molecule has 0 unspecified atom stereocenters. The predicted molar refractivity (Wildman–Crippen MR) is 80.7 cm³/mol. The number of carbonyl (C=O) groups is 3. The van der Waals surface area contributed by atoms with Gasteiger partial charge < -0.3 is 9.47 Å². The lowest BCUT2D eigenvalue weighted by molar-refractivity contribution is -0.131. The molecule has 1 aliphatic heterocycles. The topological polar surface area (TPSA) is 110 Å². The maximum absolute atomic E-state index is 11.9. The molecule has 10 heteroatoms. The van der Waals surface area contributed by atoms with Crippen molar-refractivity contribution < 1.29 is 32.3 Å². The average Bonchev–Trinajstić information content (AvgIpc) is 2.98. The molecule has 0 bridgehead atoms. The number of hydrogen-bond acceptors (Lipinski definition) is 7. The van der Waals surface area contributed by atoms with E-state index >= 15 is 0 Å². The average molecular weight is 356 g/mol. The molecule has 2 amide bonds. The summed E-state index contributed by atoms with van der Waals surface area (Å²) in [6.07, 6.45) is -0.769. The minimum Gasteiger partial charge on any atom is -0.452 e. The standard InChI is InChI=1S/C14H16N2O7S/c1-15(2)24(20,21)11-5-3-10(4-6-11)13(18)23-9-12(17)16-7-8-22-14(16)19/h3-6H,7-9H2,1-2H3. The lowest BCUT2D eigenvalue weighted by Gasteiger charge is -2.12. The van der Waals surface area contributed by atoms with Crippen LogP contribution in [-0.2, 0) is 24.3 Å². The van der Waals surface area contributed by atoms with Gasteiger partial charge in [0.2, 0.25) is 10.0 Å². The van der Waals surface area contributed by atoms with E-state index in [9.17, 15) is 22.8 Å². The third-order valence-electron chi connectivity index (χ3n) is 3.26. The number of benzene rings is 1. The Labute approximate surface area is 138 Å². The van der Waals surface area contributed by atoms with Crippen LogP contribution in [0.1, 0.15) is 10.4 Å². The molecule has 1 aromatic rings. The van der Waals surface area contributed by atoms with E-state index in [4.69, 9.17) is 4.74 Å². The molecule has 2 rings (SSSR count). The molecule has 130 valence electrons. The Morgan fingerprint density at radius 1 is 1.25 bits per heavy atom. The van der Waals surface area contributed by atoms with E-state index in [0.29, 0.717) is 0 Å². The number of hydrogen-bond donors (Lipinski definition) is 0. The van der Waals surface area contributed by atoms with Crippen molar-refractivity contribution in [2.45, 2.75) is 4.90 Å². The van der Waals surface area contributed by atoms with E-state index in [1.807, 2.05) is 0 Å². The van der Waals surface area contributed by atoms with Crippen molar-refractivity contribution in [3.8, 4) is 0 Å². The summed E-state index contributed by atoms with van der Waals surface area (Å²) in [7, 11) is -0.803. The quantitative estimate of drug-likeness (QED) is 0.687. The highest BCUT2D eigenvalue weighted by Gasteiger charge is 2.29. The van der Waals surface area contributed by atoms with Crippen LogP contribution in [0.5, 0.6) is 0 Å². The van der Waals surface area contributed by atoms with E-state index in [1.54, 1.807) is 0 Å². The molecule has 1 fully saturated rings. The van der Waals surface area contributed by atoms with Gasteiger partial charge in [0.1, 0.15) is 6.61 Å². The number of ether oxygens (including phenoxy) is 2. The van der Waals surface area contributed by atoms with Crippen LogP contribution in [0, 0.1) is 0 Å². The van der Waals surface area contributed by atoms with Crippen LogP contribution in [0.2, 0.25) is 0 Å². The van der Waals surface area contributed by atoms with Crippen molar-refractivity contribution in [1.82, 2.24) is 9.21 Å². The predicted octanol–water partition coefficient (Wildman–Crippen LogP) is 0.0725. The molecule has 0 N–H and O–H groups in total. The fourth-order valence-corrected chi connectivity index (χ4v) is 2.78. The van der Waals surface area contributed by atoms with Crippen LogP contribution in [0.3, 0.4) is 0 Å². The number of imide groups is 1. The summed E-state index contributed by atoms with van der Waals surface area (Å²) >= 11 is 0. The third-order valence-corrected chi connectivity index (χ3v) is 5.09.